The molecule has 2 aromatic heterocycles. The van der Waals surface area contributed by atoms with Crippen LogP contribution in [0.4, 0.5) is 19.0 Å². The molecular weight excluding hydrogens is 417 g/mol. The van der Waals surface area contributed by atoms with Crippen LogP contribution in [0.15, 0.2) is 41.7 Å². The summed E-state index contributed by atoms with van der Waals surface area (Å²) >= 11 is 6.83. The van der Waals surface area contributed by atoms with Crippen LogP contribution in [-0.2, 0) is 11.0 Å². The van der Waals surface area contributed by atoms with Gasteiger partial charge in [-0.1, -0.05) is 41.1 Å². The van der Waals surface area contributed by atoms with Crippen LogP contribution >= 0.6 is 23.4 Å². The van der Waals surface area contributed by atoms with Crippen LogP contribution in [0.25, 0.3) is 5.69 Å². The van der Waals surface area contributed by atoms with E-state index in [1.165, 1.54) is 4.68 Å². The van der Waals surface area contributed by atoms with Crippen molar-refractivity contribution in [3.05, 3.63) is 52.7 Å². The highest BCUT2D eigenvalue weighted by Gasteiger charge is 2.31. The highest BCUT2D eigenvalue weighted by Crippen LogP contribution is 2.32. The van der Waals surface area contributed by atoms with E-state index in [4.69, 9.17) is 11.6 Å². The number of anilines is 1. The number of hydrogen-bond acceptors (Lipinski definition) is 6. The number of pyridine rings is 1. The monoisotopic (exact) mass is 428 g/mol. The number of carbonyl (C=O) groups excluding carboxylic acids is 1. The highest BCUT2D eigenvalue weighted by atomic mass is 35.5. The number of carbonyl (C=O) groups is 1. The molecule has 0 unspecified atom stereocenters. The second-order valence-electron chi connectivity index (χ2n) is 5.60. The molecule has 0 bridgehead atoms. The summed E-state index contributed by atoms with van der Waals surface area (Å²) in [5.74, 6) is -0.762. The van der Waals surface area contributed by atoms with Crippen LogP contribution in [0.3, 0.4) is 0 Å². The Bertz CT molecular complexity index is 993. The van der Waals surface area contributed by atoms with Gasteiger partial charge in [0.25, 0.3) is 0 Å². The van der Waals surface area contributed by atoms with E-state index in [0.717, 1.165) is 23.0 Å². The van der Waals surface area contributed by atoms with E-state index in [-0.39, 0.29) is 16.6 Å². The third-order valence-corrected chi connectivity index (χ3v) is 4.69. The predicted molar refractivity (Wildman–Crippen MR) is 97.5 cm³/mol. The molecule has 1 N–H and O–H groups in total. The van der Waals surface area contributed by atoms with E-state index < -0.39 is 17.6 Å². The maximum absolute atomic E-state index is 12.6. The number of aromatic nitrogens is 5. The van der Waals surface area contributed by atoms with Crippen molar-refractivity contribution >= 4 is 35.1 Å². The minimum absolute atomic E-state index is 0.0920. The summed E-state index contributed by atoms with van der Waals surface area (Å²) in [6.45, 7) is 1.95. The fourth-order valence-corrected chi connectivity index (χ4v) is 3.00. The Kier molecular flexibility index (Phi) is 5.84. The fraction of sp³-hybridized carbons (Fsp3) is 0.188. The molecule has 2 heterocycles. The maximum Gasteiger partial charge on any atom is 0.417 e. The van der Waals surface area contributed by atoms with Gasteiger partial charge < -0.3 is 5.32 Å². The van der Waals surface area contributed by atoms with Gasteiger partial charge in [0.15, 0.2) is 5.82 Å². The van der Waals surface area contributed by atoms with Crippen LogP contribution in [0.5, 0.6) is 0 Å². The molecule has 1 aromatic carbocycles. The molecule has 0 fully saturated rings. The first-order valence-corrected chi connectivity index (χ1v) is 9.11. The number of amides is 1. The minimum Gasteiger partial charge on any atom is -0.309 e. The Morgan fingerprint density at radius 3 is 2.64 bits per heavy atom. The molecule has 0 saturated heterocycles. The first-order valence-electron chi connectivity index (χ1n) is 7.75. The van der Waals surface area contributed by atoms with E-state index in [9.17, 15) is 18.0 Å². The SMILES string of the molecule is Cc1ccc(-n2nnnc2SCC(=O)Nc2ncc(C(F)(F)F)cc2Cl)cc1. The van der Waals surface area contributed by atoms with Crippen LogP contribution in [0.1, 0.15) is 11.1 Å². The van der Waals surface area contributed by atoms with Crippen molar-refractivity contribution in [3.8, 4) is 5.69 Å². The van der Waals surface area contributed by atoms with Gasteiger partial charge in [0.2, 0.25) is 11.1 Å². The Morgan fingerprint density at radius 2 is 2.00 bits per heavy atom. The number of aryl methyl sites for hydroxylation is 1. The predicted octanol–water partition coefficient (Wildman–Crippen LogP) is 3.77. The average molecular weight is 429 g/mol. The van der Waals surface area contributed by atoms with Crippen molar-refractivity contribution in [2.24, 2.45) is 0 Å². The van der Waals surface area contributed by atoms with Crippen molar-refractivity contribution < 1.29 is 18.0 Å². The standard InChI is InChI=1S/C16H12ClF3N6OS/c1-9-2-4-11(5-3-9)26-15(23-24-25-26)28-8-13(27)22-14-12(17)6-10(7-21-14)16(18,19)20/h2-7H,8H2,1H3,(H,21,22,27). The van der Waals surface area contributed by atoms with Gasteiger partial charge in [-0.2, -0.15) is 17.9 Å². The molecule has 0 saturated carbocycles. The molecule has 0 aliphatic rings. The lowest BCUT2D eigenvalue weighted by molar-refractivity contribution is -0.137. The van der Waals surface area contributed by atoms with Gasteiger partial charge >= 0.3 is 6.18 Å². The second kappa shape index (κ2) is 8.15. The van der Waals surface area contributed by atoms with Crippen molar-refractivity contribution in [1.82, 2.24) is 25.2 Å². The Hall–Kier alpha value is -2.66. The van der Waals surface area contributed by atoms with Gasteiger partial charge in [-0.15, -0.1) is 5.10 Å². The number of nitrogens with zero attached hydrogens (tertiary/aromatic N) is 5. The lowest BCUT2D eigenvalue weighted by atomic mass is 10.2. The number of rotatable bonds is 5. The van der Waals surface area contributed by atoms with Gasteiger partial charge in [-0.3, -0.25) is 4.79 Å². The largest absolute Gasteiger partial charge is 0.417 e. The highest BCUT2D eigenvalue weighted by molar-refractivity contribution is 7.99. The molecule has 1 amide bonds. The molecule has 0 atom stereocenters. The summed E-state index contributed by atoms with van der Waals surface area (Å²) in [5.41, 5.74) is 0.805. The Balaban J connectivity index is 1.64. The van der Waals surface area contributed by atoms with Crippen LogP contribution < -0.4 is 5.32 Å². The first kappa shape index (κ1) is 20.1. The van der Waals surface area contributed by atoms with Crippen LogP contribution in [-0.4, -0.2) is 36.9 Å². The van der Waals surface area contributed by atoms with Crippen LogP contribution in [0, 0.1) is 6.92 Å². The zero-order chi connectivity index (χ0) is 20.3. The quantitative estimate of drug-likeness (QED) is 0.623. The molecule has 0 aliphatic heterocycles. The zero-order valence-corrected chi connectivity index (χ0v) is 15.8. The lowest BCUT2D eigenvalue weighted by Gasteiger charge is -2.10. The number of hydrogen-bond donors (Lipinski definition) is 1. The summed E-state index contributed by atoms with van der Waals surface area (Å²) in [6.07, 6.45) is -3.96. The second-order valence-corrected chi connectivity index (χ2v) is 6.95. The van der Waals surface area contributed by atoms with E-state index in [1.54, 1.807) is 0 Å². The van der Waals surface area contributed by atoms with Crippen molar-refractivity contribution in [2.45, 2.75) is 18.3 Å². The summed E-state index contributed by atoms with van der Waals surface area (Å²) in [7, 11) is 0. The molecule has 3 aromatic rings. The van der Waals surface area contributed by atoms with E-state index in [2.05, 4.69) is 25.8 Å². The number of thioether (sulfide) groups is 1. The average Bonchev–Trinajstić information content (AvgIpc) is 3.10. The van der Waals surface area contributed by atoms with Gasteiger partial charge in [-0.25, -0.2) is 4.98 Å². The van der Waals surface area contributed by atoms with Gasteiger partial charge in [0.05, 0.1) is 22.0 Å². The van der Waals surface area contributed by atoms with Gasteiger partial charge in [0.1, 0.15) is 0 Å². The number of halogens is 4. The fourth-order valence-electron chi connectivity index (χ4n) is 2.10. The molecule has 0 spiro atoms. The summed E-state index contributed by atoms with van der Waals surface area (Å²) in [6, 6.07) is 8.17. The molecule has 3 rings (SSSR count). The lowest BCUT2D eigenvalue weighted by Crippen LogP contribution is -2.16. The van der Waals surface area contributed by atoms with Crippen molar-refractivity contribution in [2.75, 3.05) is 11.1 Å². The smallest absolute Gasteiger partial charge is 0.309 e. The number of alkyl halides is 3. The van der Waals surface area contributed by atoms with E-state index >= 15 is 0 Å². The molecule has 12 heteroatoms. The number of tetrazole rings is 1. The normalized spacial score (nSPS) is 11.5. The summed E-state index contributed by atoms with van der Waals surface area (Å²) in [5, 5.41) is 13.8. The summed E-state index contributed by atoms with van der Waals surface area (Å²) in [4.78, 5) is 15.7. The van der Waals surface area contributed by atoms with E-state index in [0.29, 0.717) is 17.4 Å². The van der Waals surface area contributed by atoms with Gasteiger partial charge in [0, 0.05) is 6.20 Å². The third kappa shape index (κ3) is 4.78. The number of benzene rings is 1. The third-order valence-electron chi connectivity index (χ3n) is 3.48. The molecule has 7 nitrogen and oxygen atoms in total. The Morgan fingerprint density at radius 1 is 1.29 bits per heavy atom. The molecular formula is C16H12ClF3N6OS. The maximum atomic E-state index is 12.6. The van der Waals surface area contributed by atoms with Gasteiger partial charge in [-0.05, 0) is 35.5 Å². The zero-order valence-electron chi connectivity index (χ0n) is 14.2. The molecule has 0 aliphatic carbocycles. The first-order chi connectivity index (χ1) is 13.2. The van der Waals surface area contributed by atoms with Crippen molar-refractivity contribution in [3.63, 3.8) is 0 Å². The van der Waals surface area contributed by atoms with E-state index in [1.807, 2.05) is 31.2 Å². The molecule has 0 radical (unpaired) electrons. The van der Waals surface area contributed by atoms with Crippen LogP contribution in [0.2, 0.25) is 5.02 Å². The van der Waals surface area contributed by atoms with Crippen molar-refractivity contribution in [1.29, 1.82) is 0 Å². The molecule has 146 valence electrons. The topological polar surface area (TPSA) is 85.6 Å². The Labute approximate surface area is 166 Å². The molecule has 28 heavy (non-hydrogen) atoms. The number of nitrogens with one attached hydrogen (secondary N) is 1. The minimum atomic E-state index is -4.57. The summed E-state index contributed by atoms with van der Waals surface area (Å²) < 4.78 is 39.4.